The number of nitrogens with one attached hydrogen (secondary N) is 2. The fraction of sp³-hybridized carbons (Fsp3) is 0.500. The molecule has 5 nitrogen and oxygen atoms in total. The molecule has 1 heterocycles. The molecule has 0 aliphatic carbocycles. The molecule has 24 heavy (non-hydrogen) atoms. The molecule has 1 atom stereocenters. The van der Waals surface area contributed by atoms with Crippen molar-refractivity contribution in [1.82, 2.24) is 10.6 Å². The van der Waals surface area contributed by atoms with Gasteiger partial charge in [0.05, 0.1) is 5.60 Å². The molecule has 0 bridgehead atoms. The van der Waals surface area contributed by atoms with Crippen LogP contribution in [-0.2, 0) is 11.3 Å². The van der Waals surface area contributed by atoms with Gasteiger partial charge in [-0.05, 0) is 25.8 Å². The van der Waals surface area contributed by atoms with Crippen LogP contribution >= 0.6 is 24.0 Å². The van der Waals surface area contributed by atoms with Crippen molar-refractivity contribution in [2.45, 2.75) is 31.9 Å². The second-order valence-electron chi connectivity index (χ2n) is 5.89. The van der Waals surface area contributed by atoms with Gasteiger partial charge in [0, 0.05) is 32.3 Å². The maximum Gasteiger partial charge on any atom is 0.191 e. The number of benzene rings is 1. The van der Waals surface area contributed by atoms with Gasteiger partial charge < -0.3 is 20.1 Å². The van der Waals surface area contributed by atoms with Crippen LogP contribution < -0.4 is 15.4 Å². The fourth-order valence-corrected chi connectivity index (χ4v) is 2.59. The summed E-state index contributed by atoms with van der Waals surface area (Å²) in [5.74, 6) is 1.63. The molecule has 0 spiro atoms. The molecule has 1 aliphatic rings. The summed E-state index contributed by atoms with van der Waals surface area (Å²) in [5, 5.41) is 6.66. The third kappa shape index (κ3) is 6.32. The van der Waals surface area contributed by atoms with E-state index in [-0.39, 0.29) is 29.6 Å². The van der Waals surface area contributed by atoms with Crippen molar-refractivity contribution in [2.24, 2.45) is 4.99 Å². The van der Waals surface area contributed by atoms with E-state index in [1.165, 1.54) is 0 Å². The molecule has 134 valence electrons. The zero-order valence-corrected chi connectivity index (χ0v) is 16.8. The molecule has 1 fully saturated rings. The van der Waals surface area contributed by atoms with Crippen LogP contribution in [0.2, 0.25) is 0 Å². The van der Waals surface area contributed by atoms with Gasteiger partial charge in [0.2, 0.25) is 0 Å². The standard InChI is InChI=1S/C18H27N3O2.HI/c1-4-11-22-16-9-6-5-8-15(16)13-20-17(19-3)21-14-18(2)10-7-12-23-18;/h4-6,8-9H,1,7,10-14H2,2-3H3,(H2,19,20,21);1H. The highest BCUT2D eigenvalue weighted by Crippen LogP contribution is 2.23. The predicted molar refractivity (Wildman–Crippen MR) is 109 cm³/mol. The van der Waals surface area contributed by atoms with Crippen molar-refractivity contribution < 1.29 is 9.47 Å². The van der Waals surface area contributed by atoms with E-state index in [0.717, 1.165) is 43.3 Å². The Kier molecular flexibility index (Phi) is 9.13. The Hall–Kier alpha value is -1.28. The zero-order valence-electron chi connectivity index (χ0n) is 14.5. The van der Waals surface area contributed by atoms with Gasteiger partial charge in [0.25, 0.3) is 0 Å². The lowest BCUT2D eigenvalue weighted by molar-refractivity contribution is 0.0243. The molecule has 0 amide bonds. The molecule has 6 heteroatoms. The Morgan fingerprint density at radius 1 is 1.42 bits per heavy atom. The fourth-order valence-electron chi connectivity index (χ4n) is 2.59. The molecular formula is C18H28IN3O2. The van der Waals surface area contributed by atoms with Gasteiger partial charge in [-0.3, -0.25) is 4.99 Å². The number of ether oxygens (including phenoxy) is 2. The molecule has 1 aromatic rings. The van der Waals surface area contributed by atoms with Crippen LogP contribution in [0.25, 0.3) is 0 Å². The van der Waals surface area contributed by atoms with E-state index in [2.05, 4.69) is 29.1 Å². The first kappa shape index (κ1) is 20.8. The molecule has 1 aliphatic heterocycles. The van der Waals surface area contributed by atoms with Crippen LogP contribution in [0.4, 0.5) is 0 Å². The van der Waals surface area contributed by atoms with E-state index < -0.39 is 0 Å². The average molecular weight is 445 g/mol. The second kappa shape index (κ2) is 10.6. The zero-order chi connectivity index (χ0) is 16.5. The highest BCUT2D eigenvalue weighted by molar-refractivity contribution is 14.0. The van der Waals surface area contributed by atoms with Gasteiger partial charge in [0.15, 0.2) is 5.96 Å². The van der Waals surface area contributed by atoms with Crippen molar-refractivity contribution in [3.05, 3.63) is 42.5 Å². The van der Waals surface area contributed by atoms with Gasteiger partial charge in [-0.2, -0.15) is 0 Å². The van der Waals surface area contributed by atoms with Crippen molar-refractivity contribution in [2.75, 3.05) is 26.8 Å². The number of nitrogens with zero attached hydrogens (tertiary/aromatic N) is 1. The number of hydrogen-bond donors (Lipinski definition) is 2. The lowest BCUT2D eigenvalue weighted by Crippen LogP contribution is -2.45. The highest BCUT2D eigenvalue weighted by atomic mass is 127. The maximum absolute atomic E-state index is 5.79. The second-order valence-corrected chi connectivity index (χ2v) is 5.89. The smallest absolute Gasteiger partial charge is 0.191 e. The Bertz CT molecular complexity index is 543. The Balaban J connectivity index is 0.00000288. The Morgan fingerprint density at radius 3 is 2.88 bits per heavy atom. The number of guanidine groups is 1. The first-order valence-electron chi connectivity index (χ1n) is 8.07. The van der Waals surface area contributed by atoms with Crippen LogP contribution in [0.5, 0.6) is 5.75 Å². The summed E-state index contributed by atoms with van der Waals surface area (Å²) in [6, 6.07) is 7.97. The highest BCUT2D eigenvalue weighted by Gasteiger charge is 2.29. The summed E-state index contributed by atoms with van der Waals surface area (Å²) >= 11 is 0. The molecule has 0 aromatic heterocycles. The van der Waals surface area contributed by atoms with E-state index in [9.17, 15) is 0 Å². The summed E-state index contributed by atoms with van der Waals surface area (Å²) in [7, 11) is 1.77. The first-order chi connectivity index (χ1) is 11.2. The van der Waals surface area contributed by atoms with Crippen molar-refractivity contribution in [3.63, 3.8) is 0 Å². The predicted octanol–water partition coefficient (Wildman–Crippen LogP) is 3.10. The third-order valence-electron chi connectivity index (χ3n) is 3.93. The van der Waals surface area contributed by atoms with Crippen molar-refractivity contribution in [3.8, 4) is 5.75 Å². The minimum atomic E-state index is -0.0946. The summed E-state index contributed by atoms with van der Waals surface area (Å²) in [6.07, 6.45) is 3.94. The van der Waals surface area contributed by atoms with Crippen molar-refractivity contribution in [1.29, 1.82) is 0 Å². The maximum atomic E-state index is 5.79. The number of hydrogen-bond acceptors (Lipinski definition) is 3. The van der Waals surface area contributed by atoms with E-state index in [0.29, 0.717) is 13.2 Å². The minimum Gasteiger partial charge on any atom is -0.489 e. The normalized spacial score (nSPS) is 20.2. The molecule has 0 saturated carbocycles. The monoisotopic (exact) mass is 445 g/mol. The molecule has 1 aromatic carbocycles. The van der Waals surface area contributed by atoms with Crippen LogP contribution in [-0.4, -0.2) is 38.4 Å². The van der Waals surface area contributed by atoms with Gasteiger partial charge in [-0.15, -0.1) is 24.0 Å². The molecule has 2 rings (SSSR count). The van der Waals surface area contributed by atoms with Crippen LogP contribution in [0.15, 0.2) is 41.9 Å². The lowest BCUT2D eigenvalue weighted by Gasteiger charge is -2.24. The Morgan fingerprint density at radius 2 is 2.21 bits per heavy atom. The molecule has 2 N–H and O–H groups in total. The van der Waals surface area contributed by atoms with Crippen LogP contribution in [0.1, 0.15) is 25.3 Å². The lowest BCUT2D eigenvalue weighted by atomic mass is 10.0. The molecular weight excluding hydrogens is 417 g/mol. The van der Waals surface area contributed by atoms with Crippen LogP contribution in [0.3, 0.4) is 0 Å². The van der Waals surface area contributed by atoms with Crippen molar-refractivity contribution >= 4 is 29.9 Å². The topological polar surface area (TPSA) is 54.9 Å². The summed E-state index contributed by atoms with van der Waals surface area (Å²) in [6.45, 7) is 8.56. The van der Waals surface area contributed by atoms with Gasteiger partial charge in [-0.25, -0.2) is 0 Å². The molecule has 1 unspecified atom stereocenters. The summed E-state index contributed by atoms with van der Waals surface area (Å²) in [4.78, 5) is 4.27. The van der Waals surface area contributed by atoms with Gasteiger partial charge in [-0.1, -0.05) is 30.9 Å². The quantitative estimate of drug-likeness (QED) is 0.293. The number of aliphatic imine (C=N–C) groups is 1. The van der Waals surface area contributed by atoms with Crippen LogP contribution in [0, 0.1) is 0 Å². The van der Waals surface area contributed by atoms with Gasteiger partial charge >= 0.3 is 0 Å². The van der Waals surface area contributed by atoms with E-state index in [1.807, 2.05) is 24.3 Å². The molecule has 1 saturated heterocycles. The number of halogens is 1. The van der Waals surface area contributed by atoms with Gasteiger partial charge in [0.1, 0.15) is 12.4 Å². The first-order valence-corrected chi connectivity index (χ1v) is 8.07. The van der Waals surface area contributed by atoms with E-state index >= 15 is 0 Å². The SMILES string of the molecule is C=CCOc1ccccc1CNC(=NC)NCC1(C)CCCO1.I. The largest absolute Gasteiger partial charge is 0.489 e. The Labute approximate surface area is 161 Å². The summed E-state index contributed by atoms with van der Waals surface area (Å²) < 4.78 is 11.5. The average Bonchev–Trinajstić information content (AvgIpc) is 3.01. The minimum absolute atomic E-state index is 0. The number of para-hydroxylation sites is 1. The molecule has 0 radical (unpaired) electrons. The number of rotatable bonds is 7. The summed E-state index contributed by atoms with van der Waals surface area (Å²) in [5.41, 5.74) is 0.989. The van der Waals surface area contributed by atoms with E-state index in [1.54, 1.807) is 13.1 Å². The third-order valence-corrected chi connectivity index (χ3v) is 3.93. The van der Waals surface area contributed by atoms with E-state index in [4.69, 9.17) is 9.47 Å².